The topological polar surface area (TPSA) is 66.1 Å². The molecule has 0 aliphatic heterocycles. The number of fused-ring (bicyclic) bond motifs is 1. The second kappa shape index (κ2) is 9.28. The lowest BCUT2D eigenvalue weighted by atomic mass is 9.96. The van der Waals surface area contributed by atoms with Crippen molar-refractivity contribution in [2.75, 3.05) is 6.61 Å². The highest BCUT2D eigenvalue weighted by Gasteiger charge is 2.26. The molecule has 0 N–H and O–H groups in total. The third-order valence-corrected chi connectivity index (χ3v) is 5.82. The van der Waals surface area contributed by atoms with E-state index in [1.165, 1.54) is 0 Å². The van der Waals surface area contributed by atoms with E-state index in [0.717, 1.165) is 5.56 Å². The van der Waals surface area contributed by atoms with E-state index in [0.29, 0.717) is 39.0 Å². The largest absolute Gasteiger partial charge is 0.462 e. The summed E-state index contributed by atoms with van der Waals surface area (Å²) in [7, 11) is 0. The van der Waals surface area contributed by atoms with Crippen LogP contribution < -0.4 is 5.56 Å². The molecule has 0 unspecified atom stereocenters. The van der Waals surface area contributed by atoms with Gasteiger partial charge in [-0.05, 0) is 42.7 Å². The number of halogens is 2. The first kappa shape index (κ1) is 24.0. The summed E-state index contributed by atoms with van der Waals surface area (Å²) in [5, 5.41) is 6.57. The molecule has 34 heavy (non-hydrogen) atoms. The average molecular weight is 498 g/mol. The quantitative estimate of drug-likeness (QED) is 0.300. The van der Waals surface area contributed by atoms with Gasteiger partial charge in [-0.25, -0.2) is 9.48 Å². The fourth-order valence-electron chi connectivity index (χ4n) is 3.86. The minimum absolute atomic E-state index is 0.0347. The Labute approximate surface area is 207 Å². The monoisotopic (exact) mass is 497 g/mol. The maximum absolute atomic E-state index is 13.5. The standard InChI is InChI=1S/C26H25Cl2N3O3/c1-5-34-25(33)19-14-18-22(16-10-12-17(27)13-11-16)31(21-9-7-6-8-20(21)28)29-23(18)30(24(19)32)15-26(2,3)4/h6-14H,5,15H2,1-4H3. The number of hydrogen-bond donors (Lipinski definition) is 0. The number of esters is 1. The molecule has 0 saturated carbocycles. The number of nitrogens with zero attached hydrogens (tertiary/aromatic N) is 3. The van der Waals surface area contributed by atoms with E-state index in [1.807, 2.05) is 51.1 Å². The summed E-state index contributed by atoms with van der Waals surface area (Å²) in [6.45, 7) is 8.29. The molecule has 4 aromatic rings. The van der Waals surface area contributed by atoms with E-state index in [2.05, 4.69) is 0 Å². The van der Waals surface area contributed by atoms with E-state index >= 15 is 0 Å². The predicted octanol–water partition coefficient (Wildman–Crippen LogP) is 6.38. The van der Waals surface area contributed by atoms with Gasteiger partial charge >= 0.3 is 5.97 Å². The highest BCUT2D eigenvalue weighted by Crippen LogP contribution is 2.34. The van der Waals surface area contributed by atoms with Gasteiger partial charge in [-0.3, -0.25) is 9.36 Å². The van der Waals surface area contributed by atoms with Crippen molar-refractivity contribution in [2.45, 2.75) is 34.2 Å². The lowest BCUT2D eigenvalue weighted by Gasteiger charge is -2.20. The van der Waals surface area contributed by atoms with Gasteiger partial charge in [-0.2, -0.15) is 0 Å². The van der Waals surface area contributed by atoms with Gasteiger partial charge in [0.05, 0.1) is 23.0 Å². The normalized spacial score (nSPS) is 11.7. The van der Waals surface area contributed by atoms with Gasteiger partial charge in [0.1, 0.15) is 5.56 Å². The molecule has 0 saturated heterocycles. The van der Waals surface area contributed by atoms with Gasteiger partial charge in [0, 0.05) is 22.5 Å². The van der Waals surface area contributed by atoms with E-state index < -0.39 is 11.5 Å². The first-order valence-corrected chi connectivity index (χ1v) is 11.7. The van der Waals surface area contributed by atoms with Crippen LogP contribution in [0.25, 0.3) is 28.0 Å². The summed E-state index contributed by atoms with van der Waals surface area (Å²) in [6, 6.07) is 16.2. The number of carbonyl (C=O) groups is 1. The van der Waals surface area contributed by atoms with Gasteiger partial charge in [0.2, 0.25) is 0 Å². The second-order valence-electron chi connectivity index (χ2n) is 9.19. The number of carbonyl (C=O) groups excluding carboxylic acids is 1. The summed E-state index contributed by atoms with van der Waals surface area (Å²) in [4.78, 5) is 26.2. The SMILES string of the molecule is CCOC(=O)c1cc2c(-c3ccc(Cl)cc3)n(-c3ccccc3Cl)nc2n(CC(C)(C)C)c1=O. The molecule has 0 amide bonds. The molecule has 0 fully saturated rings. The predicted molar refractivity (Wildman–Crippen MR) is 136 cm³/mol. The van der Waals surface area contributed by atoms with Crippen molar-refractivity contribution in [3.8, 4) is 16.9 Å². The van der Waals surface area contributed by atoms with Crippen molar-refractivity contribution in [1.82, 2.24) is 14.3 Å². The molecule has 0 radical (unpaired) electrons. The van der Waals surface area contributed by atoms with Crippen LogP contribution in [0.5, 0.6) is 0 Å². The molecule has 6 nitrogen and oxygen atoms in total. The molecule has 2 aromatic heterocycles. The van der Waals surface area contributed by atoms with Crippen LogP contribution in [0.3, 0.4) is 0 Å². The van der Waals surface area contributed by atoms with Crippen LogP contribution in [-0.4, -0.2) is 26.9 Å². The van der Waals surface area contributed by atoms with Crippen LogP contribution in [0.2, 0.25) is 10.0 Å². The minimum Gasteiger partial charge on any atom is -0.462 e. The number of rotatable bonds is 5. The van der Waals surface area contributed by atoms with Crippen LogP contribution in [0.1, 0.15) is 38.1 Å². The van der Waals surface area contributed by atoms with E-state index in [9.17, 15) is 9.59 Å². The molecular formula is C26H25Cl2N3O3. The fraction of sp³-hybridized carbons (Fsp3) is 0.269. The Morgan fingerprint density at radius 2 is 1.74 bits per heavy atom. The van der Waals surface area contributed by atoms with E-state index in [-0.39, 0.29) is 17.6 Å². The van der Waals surface area contributed by atoms with E-state index in [1.54, 1.807) is 40.4 Å². The molecule has 0 atom stereocenters. The van der Waals surface area contributed by atoms with Gasteiger partial charge in [0.25, 0.3) is 5.56 Å². The molecule has 0 bridgehead atoms. The Balaban J connectivity index is 2.15. The van der Waals surface area contributed by atoms with Crippen LogP contribution in [0, 0.1) is 5.41 Å². The lowest BCUT2D eigenvalue weighted by Crippen LogP contribution is -2.31. The first-order valence-electron chi connectivity index (χ1n) is 11.0. The van der Waals surface area contributed by atoms with Crippen molar-refractivity contribution < 1.29 is 9.53 Å². The third-order valence-electron chi connectivity index (χ3n) is 5.25. The number of para-hydroxylation sites is 1. The molecular weight excluding hydrogens is 473 g/mol. The number of benzene rings is 2. The van der Waals surface area contributed by atoms with E-state index in [4.69, 9.17) is 33.0 Å². The zero-order valence-electron chi connectivity index (χ0n) is 19.4. The summed E-state index contributed by atoms with van der Waals surface area (Å²) in [6.07, 6.45) is 0. The highest BCUT2D eigenvalue weighted by atomic mass is 35.5. The molecule has 2 heterocycles. The molecule has 0 aliphatic carbocycles. The van der Waals surface area contributed by atoms with Crippen LogP contribution in [0.15, 0.2) is 59.4 Å². The number of aromatic nitrogens is 3. The summed E-state index contributed by atoms with van der Waals surface area (Å²) in [5.74, 6) is -0.662. The van der Waals surface area contributed by atoms with Crippen LogP contribution in [0.4, 0.5) is 0 Å². The fourth-order valence-corrected chi connectivity index (χ4v) is 4.20. The Hall–Kier alpha value is -3.09. The molecule has 176 valence electrons. The van der Waals surface area contributed by atoms with Gasteiger partial charge in [0.15, 0.2) is 5.65 Å². The zero-order valence-corrected chi connectivity index (χ0v) is 20.9. The summed E-state index contributed by atoms with van der Waals surface area (Å²) < 4.78 is 8.46. The number of pyridine rings is 1. The molecule has 0 spiro atoms. The maximum atomic E-state index is 13.5. The second-order valence-corrected chi connectivity index (χ2v) is 10.0. The molecule has 8 heteroatoms. The number of ether oxygens (including phenoxy) is 1. The zero-order chi connectivity index (χ0) is 24.6. The van der Waals surface area contributed by atoms with Crippen molar-refractivity contribution in [1.29, 1.82) is 0 Å². The van der Waals surface area contributed by atoms with Crippen LogP contribution >= 0.6 is 23.2 Å². The van der Waals surface area contributed by atoms with Gasteiger partial charge in [-0.15, -0.1) is 5.10 Å². The van der Waals surface area contributed by atoms with Crippen molar-refractivity contribution in [3.05, 3.63) is 80.6 Å². The Bertz CT molecular complexity index is 1430. The Kier molecular flexibility index (Phi) is 6.56. The minimum atomic E-state index is -0.662. The number of hydrogen-bond acceptors (Lipinski definition) is 4. The third kappa shape index (κ3) is 4.61. The van der Waals surface area contributed by atoms with Gasteiger partial charge < -0.3 is 4.74 Å². The lowest BCUT2D eigenvalue weighted by molar-refractivity contribution is 0.0523. The Morgan fingerprint density at radius 1 is 1.06 bits per heavy atom. The smallest absolute Gasteiger partial charge is 0.343 e. The van der Waals surface area contributed by atoms with Crippen molar-refractivity contribution in [3.63, 3.8) is 0 Å². The first-order chi connectivity index (χ1) is 16.1. The summed E-state index contributed by atoms with van der Waals surface area (Å²) in [5.41, 5.74) is 1.88. The highest BCUT2D eigenvalue weighted by molar-refractivity contribution is 6.32. The molecule has 4 rings (SSSR count). The summed E-state index contributed by atoms with van der Waals surface area (Å²) >= 11 is 12.7. The Morgan fingerprint density at radius 3 is 2.35 bits per heavy atom. The molecule has 0 aliphatic rings. The van der Waals surface area contributed by atoms with Crippen molar-refractivity contribution in [2.24, 2.45) is 5.41 Å². The van der Waals surface area contributed by atoms with Gasteiger partial charge in [-0.1, -0.05) is 68.2 Å². The average Bonchev–Trinajstić information content (AvgIpc) is 3.15. The maximum Gasteiger partial charge on any atom is 0.343 e. The van der Waals surface area contributed by atoms with Crippen LogP contribution in [-0.2, 0) is 11.3 Å². The molecule has 2 aromatic carbocycles. The van der Waals surface area contributed by atoms with Crippen molar-refractivity contribution >= 4 is 40.2 Å².